The smallest absolute Gasteiger partial charge is 0.234 e. The van der Waals surface area contributed by atoms with E-state index < -0.39 is 0 Å². The summed E-state index contributed by atoms with van der Waals surface area (Å²) < 4.78 is 0. The highest BCUT2D eigenvalue weighted by Gasteiger charge is 2.10. The molecule has 0 radical (unpaired) electrons. The van der Waals surface area contributed by atoms with Crippen LogP contribution < -0.4 is 5.32 Å². The molecule has 0 aliphatic carbocycles. The van der Waals surface area contributed by atoms with Crippen LogP contribution in [0.15, 0.2) is 35.6 Å². The van der Waals surface area contributed by atoms with Gasteiger partial charge in [0, 0.05) is 11.2 Å². The average Bonchev–Trinajstić information content (AvgIpc) is 2.90. The van der Waals surface area contributed by atoms with Gasteiger partial charge in [0.1, 0.15) is 0 Å². The molecule has 3 rings (SSSR count). The van der Waals surface area contributed by atoms with Gasteiger partial charge in [0.25, 0.3) is 0 Å². The summed E-state index contributed by atoms with van der Waals surface area (Å²) in [6.07, 6.45) is 1.52. The Labute approximate surface area is 150 Å². The Balaban J connectivity index is 1.63. The van der Waals surface area contributed by atoms with Gasteiger partial charge in [-0.2, -0.15) is 0 Å². The van der Waals surface area contributed by atoms with Crippen LogP contribution in [0.4, 0.5) is 5.69 Å². The van der Waals surface area contributed by atoms with Crippen LogP contribution in [0.2, 0.25) is 15.1 Å². The molecule has 5 nitrogen and oxygen atoms in total. The van der Waals surface area contributed by atoms with Crippen molar-refractivity contribution in [2.24, 2.45) is 0 Å². The molecule has 3 aromatic rings. The number of halogens is 3. The fraction of sp³-hybridized carbons (Fsp3) is 0.0714. The molecule has 0 saturated carbocycles. The molecular weight excluding hydrogens is 379 g/mol. The third-order valence-corrected chi connectivity index (χ3v) is 4.46. The number of aromatic amines is 1. The lowest BCUT2D eigenvalue weighted by atomic mass is 10.3. The lowest BCUT2D eigenvalue weighted by Crippen LogP contribution is -2.14. The minimum absolute atomic E-state index is 0.173. The number of imidazole rings is 1. The van der Waals surface area contributed by atoms with E-state index in [1.165, 1.54) is 18.0 Å². The zero-order valence-electron chi connectivity index (χ0n) is 11.4. The van der Waals surface area contributed by atoms with Crippen LogP contribution >= 0.6 is 46.6 Å². The number of anilines is 1. The van der Waals surface area contributed by atoms with Crippen molar-refractivity contribution < 1.29 is 4.79 Å². The van der Waals surface area contributed by atoms with Gasteiger partial charge in [0.2, 0.25) is 5.91 Å². The summed E-state index contributed by atoms with van der Waals surface area (Å²) in [6.45, 7) is 0. The first kappa shape index (κ1) is 16.4. The van der Waals surface area contributed by atoms with E-state index in [2.05, 4.69) is 20.3 Å². The Morgan fingerprint density at radius 1 is 1.22 bits per heavy atom. The third-order valence-electron chi connectivity index (χ3n) is 2.83. The monoisotopic (exact) mass is 386 g/mol. The number of nitrogens with zero attached hydrogens (tertiary/aromatic N) is 2. The van der Waals surface area contributed by atoms with Crippen molar-refractivity contribution in [2.45, 2.75) is 5.16 Å². The summed E-state index contributed by atoms with van der Waals surface area (Å²) in [5.74, 6) is -0.0300. The lowest BCUT2D eigenvalue weighted by molar-refractivity contribution is -0.113. The quantitative estimate of drug-likeness (QED) is 0.639. The van der Waals surface area contributed by atoms with Crippen LogP contribution in [-0.4, -0.2) is 26.6 Å². The van der Waals surface area contributed by atoms with Crippen molar-refractivity contribution in [1.82, 2.24) is 15.0 Å². The van der Waals surface area contributed by atoms with Crippen LogP contribution in [0.25, 0.3) is 11.2 Å². The number of fused-ring (bicyclic) bond motifs is 1. The predicted octanol–water partition coefficient (Wildman–Crippen LogP) is 4.65. The van der Waals surface area contributed by atoms with Crippen molar-refractivity contribution in [3.05, 3.63) is 45.5 Å². The second-order valence-corrected chi connectivity index (χ2v) is 6.77. The number of benzene rings is 1. The van der Waals surface area contributed by atoms with Gasteiger partial charge in [-0.25, -0.2) is 9.97 Å². The second-order valence-electron chi connectivity index (χ2n) is 4.53. The molecule has 23 heavy (non-hydrogen) atoms. The highest BCUT2D eigenvalue weighted by atomic mass is 35.5. The van der Waals surface area contributed by atoms with E-state index in [0.29, 0.717) is 31.6 Å². The summed E-state index contributed by atoms with van der Waals surface area (Å²) in [7, 11) is 0. The van der Waals surface area contributed by atoms with Crippen LogP contribution in [0.3, 0.4) is 0 Å². The van der Waals surface area contributed by atoms with E-state index in [-0.39, 0.29) is 11.7 Å². The van der Waals surface area contributed by atoms with Gasteiger partial charge in [0.15, 0.2) is 10.8 Å². The maximum Gasteiger partial charge on any atom is 0.234 e. The number of carbonyl (C=O) groups is 1. The average molecular weight is 388 g/mol. The number of thioether (sulfide) groups is 1. The molecule has 118 valence electrons. The van der Waals surface area contributed by atoms with E-state index in [0.717, 1.165) is 5.52 Å². The zero-order chi connectivity index (χ0) is 16.4. The number of H-pyrrole nitrogens is 1. The Hall–Kier alpha value is -1.47. The molecule has 1 amide bonds. The van der Waals surface area contributed by atoms with Crippen molar-refractivity contribution in [1.29, 1.82) is 0 Å². The first-order chi connectivity index (χ1) is 11.0. The highest BCUT2D eigenvalue weighted by Crippen LogP contribution is 2.26. The van der Waals surface area contributed by atoms with E-state index in [1.54, 1.807) is 24.3 Å². The largest absolute Gasteiger partial charge is 0.331 e. The van der Waals surface area contributed by atoms with Crippen LogP contribution in [0.5, 0.6) is 0 Å². The van der Waals surface area contributed by atoms with Gasteiger partial charge in [-0.1, -0.05) is 46.6 Å². The molecule has 0 bridgehead atoms. The minimum atomic E-state index is -0.203. The lowest BCUT2D eigenvalue weighted by Gasteiger charge is -2.06. The molecule has 2 N–H and O–H groups in total. The Bertz CT molecular complexity index is 884. The first-order valence-electron chi connectivity index (χ1n) is 6.40. The Morgan fingerprint density at radius 2 is 2.04 bits per heavy atom. The number of carbonyl (C=O) groups excluding carboxylic acids is 1. The fourth-order valence-electron chi connectivity index (χ4n) is 1.83. The number of aromatic nitrogens is 3. The Kier molecular flexibility index (Phi) is 4.96. The van der Waals surface area contributed by atoms with Gasteiger partial charge in [-0.05, 0) is 24.3 Å². The fourth-order valence-corrected chi connectivity index (χ4v) is 3.12. The molecule has 0 atom stereocenters. The van der Waals surface area contributed by atoms with E-state index in [1.807, 2.05) is 0 Å². The maximum atomic E-state index is 12.0. The molecule has 2 heterocycles. The van der Waals surface area contributed by atoms with E-state index >= 15 is 0 Å². The van der Waals surface area contributed by atoms with Gasteiger partial charge in [0.05, 0.1) is 27.0 Å². The number of rotatable bonds is 4. The molecule has 2 aromatic heterocycles. The molecular formula is C14H9Cl3N4OS. The Morgan fingerprint density at radius 3 is 2.83 bits per heavy atom. The molecule has 1 aromatic carbocycles. The number of hydrogen-bond donors (Lipinski definition) is 2. The summed E-state index contributed by atoms with van der Waals surface area (Å²) in [5, 5.41) is 4.73. The zero-order valence-corrected chi connectivity index (χ0v) is 14.5. The van der Waals surface area contributed by atoms with Gasteiger partial charge >= 0.3 is 0 Å². The van der Waals surface area contributed by atoms with Crippen molar-refractivity contribution in [3.63, 3.8) is 0 Å². The van der Waals surface area contributed by atoms with Crippen LogP contribution in [-0.2, 0) is 4.79 Å². The molecule has 0 aliphatic rings. The molecule has 0 unspecified atom stereocenters. The van der Waals surface area contributed by atoms with E-state index in [9.17, 15) is 4.79 Å². The number of hydrogen-bond acceptors (Lipinski definition) is 4. The highest BCUT2D eigenvalue weighted by molar-refractivity contribution is 7.99. The maximum absolute atomic E-state index is 12.0. The standard InChI is InChI=1S/C14H9Cl3N4OS/c15-7-1-2-10(9(17)3-7)19-12(22)6-23-14-20-11-4-8(16)5-18-13(11)21-14/h1-5H,6H2,(H,19,22)(H,18,20,21). The van der Waals surface area contributed by atoms with Crippen LogP contribution in [0.1, 0.15) is 0 Å². The normalized spacial score (nSPS) is 10.9. The summed E-state index contributed by atoms with van der Waals surface area (Å²) >= 11 is 19.0. The third kappa shape index (κ3) is 4.09. The summed E-state index contributed by atoms with van der Waals surface area (Å²) in [4.78, 5) is 23.4. The molecule has 0 saturated heterocycles. The molecule has 0 fully saturated rings. The van der Waals surface area contributed by atoms with E-state index in [4.69, 9.17) is 34.8 Å². The SMILES string of the molecule is O=C(CSc1nc2ncc(Cl)cc2[nH]1)Nc1ccc(Cl)cc1Cl. The molecule has 0 spiro atoms. The number of amides is 1. The van der Waals surface area contributed by atoms with Crippen molar-refractivity contribution in [3.8, 4) is 0 Å². The predicted molar refractivity (Wildman–Crippen MR) is 94.7 cm³/mol. The first-order valence-corrected chi connectivity index (χ1v) is 8.52. The second kappa shape index (κ2) is 6.97. The minimum Gasteiger partial charge on any atom is -0.331 e. The molecule has 9 heteroatoms. The van der Waals surface area contributed by atoms with Gasteiger partial charge in [-0.3, -0.25) is 4.79 Å². The number of pyridine rings is 1. The molecule has 0 aliphatic heterocycles. The summed E-state index contributed by atoms with van der Waals surface area (Å²) in [5.41, 5.74) is 1.79. The summed E-state index contributed by atoms with van der Waals surface area (Å²) in [6, 6.07) is 6.61. The van der Waals surface area contributed by atoms with Gasteiger partial charge in [-0.15, -0.1) is 0 Å². The van der Waals surface area contributed by atoms with Crippen molar-refractivity contribution in [2.75, 3.05) is 11.1 Å². The van der Waals surface area contributed by atoms with Crippen molar-refractivity contribution >= 4 is 69.3 Å². The van der Waals surface area contributed by atoms with Gasteiger partial charge < -0.3 is 10.3 Å². The van der Waals surface area contributed by atoms with Crippen LogP contribution in [0, 0.1) is 0 Å². The number of nitrogens with one attached hydrogen (secondary N) is 2. The topological polar surface area (TPSA) is 70.7 Å².